The van der Waals surface area contributed by atoms with Gasteiger partial charge in [-0.05, 0) is 37.3 Å². The molecule has 30 heavy (non-hydrogen) atoms. The van der Waals surface area contributed by atoms with Gasteiger partial charge in [0.05, 0.1) is 16.1 Å². The van der Waals surface area contributed by atoms with E-state index >= 15 is 0 Å². The van der Waals surface area contributed by atoms with Gasteiger partial charge in [-0.1, -0.05) is 54.1 Å². The van der Waals surface area contributed by atoms with Crippen LogP contribution in [0.15, 0.2) is 83.8 Å². The molecule has 3 aromatic rings. The Bertz CT molecular complexity index is 1160. The number of sulfonamides is 1. The number of ketones is 1. The van der Waals surface area contributed by atoms with Crippen LogP contribution in [-0.4, -0.2) is 33.8 Å². The number of hydrogen-bond acceptors (Lipinski definition) is 5. The zero-order chi connectivity index (χ0) is 21.7. The summed E-state index contributed by atoms with van der Waals surface area (Å²) in [6.07, 6.45) is 0. The van der Waals surface area contributed by atoms with Crippen molar-refractivity contribution < 1.29 is 22.7 Å². The van der Waals surface area contributed by atoms with E-state index in [4.69, 9.17) is 4.74 Å². The highest BCUT2D eigenvalue weighted by molar-refractivity contribution is 7.92. The summed E-state index contributed by atoms with van der Waals surface area (Å²) >= 11 is 0. The minimum atomic E-state index is -3.88. The molecule has 0 fully saturated rings. The van der Waals surface area contributed by atoms with E-state index in [1.54, 1.807) is 42.5 Å². The Morgan fingerprint density at radius 1 is 0.867 bits per heavy atom. The van der Waals surface area contributed by atoms with E-state index in [0.717, 1.165) is 9.87 Å². The van der Waals surface area contributed by atoms with Gasteiger partial charge in [0, 0.05) is 12.6 Å². The Kier molecular flexibility index (Phi) is 6.32. The summed E-state index contributed by atoms with van der Waals surface area (Å²) in [4.78, 5) is 24.4. The number of anilines is 1. The molecule has 0 radical (unpaired) electrons. The molecule has 0 saturated carbocycles. The van der Waals surface area contributed by atoms with Gasteiger partial charge in [-0.2, -0.15) is 0 Å². The first-order valence-electron chi connectivity index (χ1n) is 9.20. The molecule has 6 nitrogen and oxygen atoms in total. The van der Waals surface area contributed by atoms with Crippen LogP contribution in [0.4, 0.5) is 5.69 Å². The number of benzene rings is 3. The molecular formula is C23H21NO5S. The molecule has 0 unspecified atom stereocenters. The lowest BCUT2D eigenvalue weighted by molar-refractivity contribution is 0.0474. The van der Waals surface area contributed by atoms with Crippen LogP contribution >= 0.6 is 0 Å². The zero-order valence-electron chi connectivity index (χ0n) is 16.6. The quantitative estimate of drug-likeness (QED) is 0.426. The lowest BCUT2D eigenvalue weighted by Crippen LogP contribution is -2.26. The molecule has 0 bridgehead atoms. The Morgan fingerprint density at radius 3 is 2.17 bits per heavy atom. The highest BCUT2D eigenvalue weighted by Crippen LogP contribution is 2.23. The van der Waals surface area contributed by atoms with Gasteiger partial charge >= 0.3 is 5.97 Å². The number of Topliss-reactive ketones (excluding diaryl/α,β-unsaturated/α-hetero) is 1. The van der Waals surface area contributed by atoms with Crippen molar-refractivity contribution in [2.24, 2.45) is 0 Å². The molecule has 0 saturated heterocycles. The molecule has 0 aliphatic heterocycles. The summed E-state index contributed by atoms with van der Waals surface area (Å²) in [6.45, 7) is 1.49. The largest absolute Gasteiger partial charge is 0.454 e. The van der Waals surface area contributed by atoms with Gasteiger partial charge in [-0.3, -0.25) is 9.10 Å². The Labute approximate surface area is 175 Å². The molecule has 3 aromatic carbocycles. The monoisotopic (exact) mass is 423 g/mol. The average Bonchev–Trinajstić information content (AvgIpc) is 2.78. The van der Waals surface area contributed by atoms with Crippen molar-refractivity contribution in [1.29, 1.82) is 0 Å². The van der Waals surface area contributed by atoms with Crippen LogP contribution in [0.25, 0.3) is 0 Å². The first kappa shape index (κ1) is 21.3. The Morgan fingerprint density at radius 2 is 1.50 bits per heavy atom. The standard InChI is InChI=1S/C23H21NO5S/c1-17-11-13-20(14-12-17)24(2)30(27,28)21-10-6-9-19(15-21)23(26)29-16-22(25)18-7-4-3-5-8-18/h3-15H,16H2,1-2H3. The van der Waals surface area contributed by atoms with Crippen molar-refractivity contribution in [3.63, 3.8) is 0 Å². The van der Waals surface area contributed by atoms with Crippen LogP contribution in [0, 0.1) is 6.92 Å². The fourth-order valence-electron chi connectivity index (χ4n) is 2.76. The first-order chi connectivity index (χ1) is 14.3. The molecule has 3 rings (SSSR count). The zero-order valence-corrected chi connectivity index (χ0v) is 17.4. The summed E-state index contributed by atoms with van der Waals surface area (Å²) in [7, 11) is -2.43. The van der Waals surface area contributed by atoms with Crippen molar-refractivity contribution >= 4 is 27.5 Å². The molecule has 154 valence electrons. The summed E-state index contributed by atoms with van der Waals surface area (Å²) in [6, 6.07) is 21.1. The van der Waals surface area contributed by atoms with Gasteiger partial charge in [-0.15, -0.1) is 0 Å². The smallest absolute Gasteiger partial charge is 0.338 e. The van der Waals surface area contributed by atoms with E-state index < -0.39 is 22.6 Å². The van der Waals surface area contributed by atoms with E-state index in [1.165, 1.54) is 31.3 Å². The maximum atomic E-state index is 13.0. The van der Waals surface area contributed by atoms with Crippen LogP contribution < -0.4 is 4.31 Å². The molecule has 0 spiro atoms. The fourth-order valence-corrected chi connectivity index (χ4v) is 4.00. The molecule has 0 N–H and O–H groups in total. The second-order valence-electron chi connectivity index (χ2n) is 6.70. The first-order valence-corrected chi connectivity index (χ1v) is 10.6. The third kappa shape index (κ3) is 4.75. The lowest BCUT2D eigenvalue weighted by atomic mass is 10.1. The molecule has 0 aliphatic carbocycles. The van der Waals surface area contributed by atoms with E-state index in [1.807, 2.05) is 19.1 Å². The second-order valence-corrected chi connectivity index (χ2v) is 8.67. The Balaban J connectivity index is 1.75. The van der Waals surface area contributed by atoms with Crippen LogP contribution in [0.5, 0.6) is 0 Å². The number of carbonyl (C=O) groups excluding carboxylic acids is 2. The topological polar surface area (TPSA) is 80.8 Å². The van der Waals surface area contributed by atoms with E-state index in [0.29, 0.717) is 11.3 Å². The van der Waals surface area contributed by atoms with Crippen molar-refractivity contribution in [2.45, 2.75) is 11.8 Å². The molecule has 0 atom stereocenters. The Hall–Kier alpha value is -3.45. The fraction of sp³-hybridized carbons (Fsp3) is 0.130. The van der Waals surface area contributed by atoms with Gasteiger partial charge in [-0.25, -0.2) is 13.2 Å². The van der Waals surface area contributed by atoms with Gasteiger partial charge in [0.15, 0.2) is 12.4 Å². The van der Waals surface area contributed by atoms with Crippen molar-refractivity contribution in [2.75, 3.05) is 18.0 Å². The van der Waals surface area contributed by atoms with Gasteiger partial charge in [0.1, 0.15) is 0 Å². The average molecular weight is 423 g/mol. The molecule has 7 heteroatoms. The number of rotatable bonds is 7. The van der Waals surface area contributed by atoms with E-state index in [9.17, 15) is 18.0 Å². The maximum Gasteiger partial charge on any atom is 0.338 e. The molecule has 0 aromatic heterocycles. The van der Waals surface area contributed by atoms with Crippen molar-refractivity contribution in [3.05, 3.63) is 95.6 Å². The van der Waals surface area contributed by atoms with Gasteiger partial charge < -0.3 is 4.74 Å². The summed E-state index contributed by atoms with van der Waals surface area (Å²) < 4.78 is 32.1. The summed E-state index contributed by atoms with van der Waals surface area (Å²) in [5.74, 6) is -1.11. The molecule has 0 heterocycles. The van der Waals surface area contributed by atoms with Crippen LogP contribution in [0.1, 0.15) is 26.3 Å². The van der Waals surface area contributed by atoms with Crippen LogP contribution in [0.3, 0.4) is 0 Å². The number of aryl methyl sites for hydroxylation is 1. The van der Waals surface area contributed by atoms with Crippen molar-refractivity contribution in [1.82, 2.24) is 0 Å². The lowest BCUT2D eigenvalue weighted by Gasteiger charge is -2.20. The molecular weight excluding hydrogens is 402 g/mol. The highest BCUT2D eigenvalue weighted by Gasteiger charge is 2.23. The maximum absolute atomic E-state index is 13.0. The molecule has 0 amide bonds. The van der Waals surface area contributed by atoms with E-state index in [-0.39, 0.29) is 16.2 Å². The third-order valence-corrected chi connectivity index (χ3v) is 6.34. The van der Waals surface area contributed by atoms with Gasteiger partial charge in [0.2, 0.25) is 0 Å². The normalized spacial score (nSPS) is 11.0. The third-order valence-electron chi connectivity index (χ3n) is 4.56. The van der Waals surface area contributed by atoms with E-state index in [2.05, 4.69) is 0 Å². The minimum absolute atomic E-state index is 0.0468. The van der Waals surface area contributed by atoms with Crippen LogP contribution in [0.2, 0.25) is 0 Å². The number of nitrogens with zero attached hydrogens (tertiary/aromatic N) is 1. The predicted octanol–water partition coefficient (Wildman–Crippen LogP) is 3.86. The number of ether oxygens (including phenoxy) is 1. The highest BCUT2D eigenvalue weighted by atomic mass is 32.2. The number of carbonyl (C=O) groups is 2. The summed E-state index contributed by atoms with van der Waals surface area (Å²) in [5.41, 5.74) is 2.00. The molecule has 0 aliphatic rings. The number of esters is 1. The minimum Gasteiger partial charge on any atom is -0.454 e. The van der Waals surface area contributed by atoms with Crippen molar-refractivity contribution in [3.8, 4) is 0 Å². The predicted molar refractivity (Wildman–Crippen MR) is 114 cm³/mol. The SMILES string of the molecule is Cc1ccc(N(C)S(=O)(=O)c2cccc(C(=O)OCC(=O)c3ccccc3)c2)cc1. The number of hydrogen-bond donors (Lipinski definition) is 0. The second kappa shape index (κ2) is 8.92. The van der Waals surface area contributed by atoms with Gasteiger partial charge in [0.25, 0.3) is 10.0 Å². The summed E-state index contributed by atoms with van der Waals surface area (Å²) in [5, 5.41) is 0. The van der Waals surface area contributed by atoms with Crippen LogP contribution in [-0.2, 0) is 14.8 Å².